The molecule has 1 aromatic rings. The minimum atomic E-state index is -0.602. The number of hydrogen-bond donors (Lipinski definition) is 0. The van der Waals surface area contributed by atoms with Crippen molar-refractivity contribution in [3.8, 4) is 0 Å². The average molecular weight is 326 g/mol. The van der Waals surface area contributed by atoms with Gasteiger partial charge in [0.1, 0.15) is 23.8 Å². The molecule has 7 heteroatoms. The van der Waals surface area contributed by atoms with E-state index in [9.17, 15) is 13.6 Å². The first kappa shape index (κ1) is 16.3. The zero-order valence-electron chi connectivity index (χ0n) is 13.1. The molecule has 23 heavy (non-hydrogen) atoms. The van der Waals surface area contributed by atoms with E-state index in [0.717, 1.165) is 6.07 Å². The van der Waals surface area contributed by atoms with Gasteiger partial charge in [0.15, 0.2) is 0 Å². The summed E-state index contributed by atoms with van der Waals surface area (Å²) >= 11 is 0. The summed E-state index contributed by atoms with van der Waals surface area (Å²) in [7, 11) is 1.72. The fraction of sp³-hybridized carbons (Fsp3) is 0.562. The van der Waals surface area contributed by atoms with Crippen LogP contribution in [0.15, 0.2) is 18.2 Å². The van der Waals surface area contributed by atoms with Gasteiger partial charge in [-0.2, -0.15) is 0 Å². The fourth-order valence-electron chi connectivity index (χ4n) is 3.13. The lowest BCUT2D eigenvalue weighted by molar-refractivity contribution is -0.143. The molecule has 1 aromatic carbocycles. The lowest BCUT2D eigenvalue weighted by Gasteiger charge is -2.42. The van der Waals surface area contributed by atoms with Crippen LogP contribution < -0.4 is 0 Å². The largest absolute Gasteiger partial charge is 0.369 e. The van der Waals surface area contributed by atoms with E-state index in [1.807, 2.05) is 4.90 Å². The van der Waals surface area contributed by atoms with E-state index in [0.29, 0.717) is 45.0 Å². The Morgan fingerprint density at radius 3 is 2.91 bits per heavy atom. The predicted octanol–water partition coefficient (Wildman–Crippen LogP) is 1.02. The Labute approximate surface area is 133 Å². The normalized spacial score (nSPS) is 26.6. The molecule has 1 atom stereocenters. The first-order chi connectivity index (χ1) is 11.0. The molecular weight excluding hydrogens is 306 g/mol. The van der Waals surface area contributed by atoms with Gasteiger partial charge < -0.3 is 14.4 Å². The second kappa shape index (κ2) is 6.51. The molecule has 5 nitrogen and oxygen atoms in total. The Bertz CT molecular complexity index is 599. The maximum absolute atomic E-state index is 13.8. The molecular formula is C16H20F2N2O3. The Balaban J connectivity index is 1.71. The van der Waals surface area contributed by atoms with E-state index in [1.165, 1.54) is 12.1 Å². The second-order valence-electron chi connectivity index (χ2n) is 6.22. The van der Waals surface area contributed by atoms with Crippen LogP contribution >= 0.6 is 0 Å². The lowest BCUT2D eigenvalue weighted by atomic mass is 10.0. The van der Waals surface area contributed by atoms with Crippen molar-refractivity contribution in [3.63, 3.8) is 0 Å². The third kappa shape index (κ3) is 3.68. The van der Waals surface area contributed by atoms with Gasteiger partial charge in [-0.05, 0) is 6.07 Å². The highest BCUT2D eigenvalue weighted by Crippen LogP contribution is 2.24. The number of rotatable bonds is 2. The maximum atomic E-state index is 13.8. The maximum Gasteiger partial charge on any atom is 0.248 e. The van der Waals surface area contributed by atoms with E-state index in [-0.39, 0.29) is 12.5 Å². The van der Waals surface area contributed by atoms with Crippen LogP contribution in [0.25, 0.3) is 0 Å². The quantitative estimate of drug-likeness (QED) is 0.814. The van der Waals surface area contributed by atoms with E-state index in [4.69, 9.17) is 9.47 Å². The molecule has 3 rings (SSSR count). The van der Waals surface area contributed by atoms with Crippen LogP contribution in [0, 0.1) is 11.6 Å². The summed E-state index contributed by atoms with van der Waals surface area (Å²) in [6.07, 6.45) is 0. The molecule has 0 radical (unpaired) electrons. The molecule has 2 aliphatic rings. The summed E-state index contributed by atoms with van der Waals surface area (Å²) in [4.78, 5) is 15.4. The Kier molecular flexibility index (Phi) is 4.61. The number of amides is 1. The third-order valence-corrected chi connectivity index (χ3v) is 4.28. The monoisotopic (exact) mass is 326 g/mol. The number of benzene rings is 1. The molecule has 0 aliphatic carbocycles. The van der Waals surface area contributed by atoms with Gasteiger partial charge in [-0.25, -0.2) is 8.78 Å². The molecule has 0 saturated carbocycles. The van der Waals surface area contributed by atoms with Gasteiger partial charge in [-0.1, -0.05) is 6.07 Å². The van der Waals surface area contributed by atoms with Crippen molar-refractivity contribution in [2.75, 3.05) is 46.5 Å². The van der Waals surface area contributed by atoms with Crippen LogP contribution in [0.5, 0.6) is 0 Å². The van der Waals surface area contributed by atoms with E-state index in [2.05, 4.69) is 0 Å². The standard InChI is InChI=1S/C16H20F2N2O3/c1-19-9-16(11-22-8-15(19)21)10-20(4-5-23-16)7-12-2-3-13(17)6-14(12)18/h2-3,6H,4-5,7-11H2,1H3. The van der Waals surface area contributed by atoms with Gasteiger partial charge in [-0.15, -0.1) is 0 Å². The SMILES string of the molecule is CN1CC2(COCC1=O)CN(Cc1ccc(F)cc1F)CCO2. The topological polar surface area (TPSA) is 42.0 Å². The molecule has 1 unspecified atom stereocenters. The third-order valence-electron chi connectivity index (χ3n) is 4.28. The van der Waals surface area contributed by atoms with Crippen molar-refractivity contribution in [2.45, 2.75) is 12.1 Å². The Morgan fingerprint density at radius 1 is 1.30 bits per heavy atom. The van der Waals surface area contributed by atoms with E-state index < -0.39 is 17.2 Å². The smallest absolute Gasteiger partial charge is 0.248 e. The lowest BCUT2D eigenvalue weighted by Crippen LogP contribution is -2.58. The molecule has 2 heterocycles. The zero-order chi connectivity index (χ0) is 16.4. The number of ether oxygens (including phenoxy) is 2. The van der Waals surface area contributed by atoms with Crippen molar-refractivity contribution in [1.82, 2.24) is 9.80 Å². The summed E-state index contributed by atoms with van der Waals surface area (Å²) < 4.78 is 38.2. The molecule has 2 aliphatic heterocycles. The van der Waals surface area contributed by atoms with Crippen LogP contribution in [-0.4, -0.2) is 67.8 Å². The van der Waals surface area contributed by atoms with Gasteiger partial charge in [0.05, 0.1) is 19.8 Å². The van der Waals surface area contributed by atoms with Crippen molar-refractivity contribution in [2.24, 2.45) is 0 Å². The Morgan fingerprint density at radius 2 is 2.13 bits per heavy atom. The number of likely N-dealkylation sites (N-methyl/N-ethyl adjacent to an activating group) is 1. The van der Waals surface area contributed by atoms with Gasteiger partial charge in [0.2, 0.25) is 5.91 Å². The molecule has 0 aromatic heterocycles. The van der Waals surface area contributed by atoms with Crippen molar-refractivity contribution in [3.05, 3.63) is 35.4 Å². The first-order valence-corrected chi connectivity index (χ1v) is 7.59. The van der Waals surface area contributed by atoms with Crippen molar-refractivity contribution >= 4 is 5.91 Å². The minimum Gasteiger partial charge on any atom is -0.369 e. The van der Waals surface area contributed by atoms with E-state index in [1.54, 1.807) is 11.9 Å². The molecule has 1 amide bonds. The van der Waals surface area contributed by atoms with Gasteiger partial charge in [-0.3, -0.25) is 9.69 Å². The number of carbonyl (C=O) groups excluding carboxylic acids is 1. The molecule has 2 fully saturated rings. The fourth-order valence-corrected chi connectivity index (χ4v) is 3.13. The van der Waals surface area contributed by atoms with Crippen LogP contribution in [0.2, 0.25) is 0 Å². The number of carbonyl (C=O) groups is 1. The number of halogens is 2. The zero-order valence-corrected chi connectivity index (χ0v) is 13.1. The average Bonchev–Trinajstić information content (AvgIpc) is 2.62. The highest BCUT2D eigenvalue weighted by molar-refractivity contribution is 5.77. The Hall–Kier alpha value is -1.57. The minimum absolute atomic E-state index is 0.0498. The highest BCUT2D eigenvalue weighted by atomic mass is 19.1. The predicted molar refractivity (Wildman–Crippen MR) is 78.8 cm³/mol. The molecule has 2 saturated heterocycles. The molecule has 0 bridgehead atoms. The summed E-state index contributed by atoms with van der Waals surface area (Å²) in [6, 6.07) is 3.62. The van der Waals surface area contributed by atoms with E-state index >= 15 is 0 Å². The summed E-state index contributed by atoms with van der Waals surface area (Å²) in [5, 5.41) is 0. The van der Waals surface area contributed by atoms with Gasteiger partial charge in [0.25, 0.3) is 0 Å². The number of nitrogens with zero attached hydrogens (tertiary/aromatic N) is 2. The van der Waals surface area contributed by atoms with Crippen LogP contribution in [0.1, 0.15) is 5.56 Å². The van der Waals surface area contributed by atoms with Gasteiger partial charge in [0, 0.05) is 38.3 Å². The van der Waals surface area contributed by atoms with Crippen LogP contribution in [0.3, 0.4) is 0 Å². The van der Waals surface area contributed by atoms with Crippen molar-refractivity contribution in [1.29, 1.82) is 0 Å². The first-order valence-electron chi connectivity index (χ1n) is 7.59. The summed E-state index contributed by atoms with van der Waals surface area (Å²) in [6.45, 7) is 2.84. The summed E-state index contributed by atoms with van der Waals surface area (Å²) in [5.74, 6) is -1.20. The molecule has 0 N–H and O–H groups in total. The number of hydrogen-bond acceptors (Lipinski definition) is 4. The molecule has 126 valence electrons. The van der Waals surface area contributed by atoms with Gasteiger partial charge >= 0.3 is 0 Å². The second-order valence-corrected chi connectivity index (χ2v) is 6.22. The van der Waals surface area contributed by atoms with Crippen LogP contribution in [0.4, 0.5) is 8.78 Å². The number of morpholine rings is 1. The summed E-state index contributed by atoms with van der Waals surface area (Å²) in [5.41, 5.74) is -0.155. The van der Waals surface area contributed by atoms with Crippen molar-refractivity contribution < 1.29 is 23.0 Å². The van der Waals surface area contributed by atoms with Crippen LogP contribution in [-0.2, 0) is 20.8 Å². The highest BCUT2D eigenvalue weighted by Gasteiger charge is 2.41. The molecule has 1 spiro atoms.